The van der Waals surface area contributed by atoms with Crippen molar-refractivity contribution in [3.63, 3.8) is 0 Å². The number of aromatic nitrogens is 4. The van der Waals surface area contributed by atoms with Crippen LogP contribution in [0.25, 0.3) is 5.69 Å². The summed E-state index contributed by atoms with van der Waals surface area (Å²) < 4.78 is 6.81. The second-order valence-electron chi connectivity index (χ2n) is 10.7. The molecule has 0 saturated heterocycles. The van der Waals surface area contributed by atoms with Crippen molar-refractivity contribution in [3.8, 4) is 5.69 Å². The number of anilines is 1. The summed E-state index contributed by atoms with van der Waals surface area (Å²) in [5.41, 5.74) is 5.05. The molecule has 6 heteroatoms. The van der Waals surface area contributed by atoms with Crippen molar-refractivity contribution in [2.24, 2.45) is 14.1 Å². The first-order valence-electron chi connectivity index (χ1n) is 12.4. The Balaban J connectivity index is 1.80. The third-order valence-corrected chi connectivity index (χ3v) is 7.47. The van der Waals surface area contributed by atoms with Crippen LogP contribution >= 0.6 is 0 Å². The van der Waals surface area contributed by atoms with E-state index in [1.807, 2.05) is 6.20 Å². The molecule has 0 bridgehead atoms. The first-order valence-corrected chi connectivity index (χ1v) is 12.4. The third kappa shape index (κ3) is 3.73. The van der Waals surface area contributed by atoms with Crippen LogP contribution in [-0.4, -0.2) is 25.2 Å². The predicted molar refractivity (Wildman–Crippen MR) is 139 cm³/mol. The van der Waals surface area contributed by atoms with Gasteiger partial charge in [-0.3, -0.25) is 0 Å². The lowest BCUT2D eigenvalue weighted by Gasteiger charge is -2.39. The van der Waals surface area contributed by atoms with Crippen molar-refractivity contribution in [1.82, 2.24) is 19.0 Å². The van der Waals surface area contributed by atoms with E-state index in [0.717, 1.165) is 11.8 Å². The second-order valence-corrected chi connectivity index (χ2v) is 10.7. The lowest BCUT2D eigenvalue weighted by Crippen LogP contribution is -2.49. The van der Waals surface area contributed by atoms with Crippen molar-refractivity contribution in [3.05, 3.63) is 71.8 Å². The lowest BCUT2D eigenvalue weighted by molar-refractivity contribution is -0.657. The summed E-state index contributed by atoms with van der Waals surface area (Å²) in [4.78, 5) is 9.37. The summed E-state index contributed by atoms with van der Waals surface area (Å²) in [7, 11) is 4.24. The van der Waals surface area contributed by atoms with Crippen molar-refractivity contribution in [2.75, 3.05) is 4.90 Å². The molecule has 0 amide bonds. The van der Waals surface area contributed by atoms with Crippen LogP contribution in [-0.2, 0) is 19.6 Å². The Labute approximate surface area is 205 Å². The minimum atomic E-state index is -0.213. The standard InChI is InChI=1S/C28H41N6/c1-19(2)23-12-11-13-24(20(3)4)26(23)33-15-14-30(9)27(33)32-16-17-34(22(32)6)28(7,8)25-18-29-21(5)31(25)10/h11-20,22H,1-10H3/q+1/t22-/m1/s1. The number of imidazole rings is 2. The molecule has 1 aliphatic heterocycles. The van der Waals surface area contributed by atoms with Gasteiger partial charge in [0.05, 0.1) is 36.9 Å². The van der Waals surface area contributed by atoms with Gasteiger partial charge in [0.2, 0.25) is 0 Å². The zero-order valence-corrected chi connectivity index (χ0v) is 22.5. The van der Waals surface area contributed by atoms with Gasteiger partial charge < -0.3 is 9.47 Å². The average molecular weight is 462 g/mol. The zero-order chi connectivity index (χ0) is 24.9. The molecule has 3 heterocycles. The van der Waals surface area contributed by atoms with Gasteiger partial charge in [-0.25, -0.2) is 19.0 Å². The Hall–Kier alpha value is -3.02. The molecule has 1 atom stereocenters. The van der Waals surface area contributed by atoms with Crippen LogP contribution in [0.1, 0.15) is 82.9 Å². The molecule has 1 aliphatic rings. The quantitative estimate of drug-likeness (QED) is 0.457. The molecule has 182 valence electrons. The average Bonchev–Trinajstić information content (AvgIpc) is 3.44. The molecular formula is C28H41N6+. The van der Waals surface area contributed by atoms with E-state index in [1.165, 1.54) is 22.5 Å². The molecule has 1 aromatic carbocycles. The number of nitrogens with zero attached hydrogens (tertiary/aromatic N) is 6. The highest BCUT2D eigenvalue weighted by molar-refractivity contribution is 5.55. The van der Waals surface area contributed by atoms with Crippen molar-refractivity contribution in [1.29, 1.82) is 0 Å². The first-order chi connectivity index (χ1) is 16.0. The van der Waals surface area contributed by atoms with E-state index in [2.05, 4.69) is 141 Å². The van der Waals surface area contributed by atoms with Gasteiger partial charge in [-0.1, -0.05) is 45.9 Å². The Morgan fingerprint density at radius 2 is 1.65 bits per heavy atom. The van der Waals surface area contributed by atoms with Gasteiger partial charge >= 0.3 is 5.95 Å². The summed E-state index contributed by atoms with van der Waals surface area (Å²) in [6, 6.07) is 6.76. The van der Waals surface area contributed by atoms with Gasteiger partial charge in [-0.05, 0) is 50.7 Å². The molecule has 0 aliphatic carbocycles. The number of rotatable bonds is 6. The molecular weight excluding hydrogens is 420 g/mol. The molecule has 4 rings (SSSR count). The van der Waals surface area contributed by atoms with Crippen LogP contribution in [0.3, 0.4) is 0 Å². The Morgan fingerprint density at radius 3 is 2.18 bits per heavy atom. The third-order valence-electron chi connectivity index (χ3n) is 7.47. The number of aryl methyl sites for hydroxylation is 2. The Morgan fingerprint density at radius 1 is 1.03 bits per heavy atom. The normalized spacial score (nSPS) is 16.5. The zero-order valence-electron chi connectivity index (χ0n) is 22.5. The van der Waals surface area contributed by atoms with Crippen LogP contribution in [0.4, 0.5) is 5.95 Å². The van der Waals surface area contributed by atoms with Gasteiger partial charge in [0, 0.05) is 13.2 Å². The highest BCUT2D eigenvalue weighted by atomic mass is 15.5. The topological polar surface area (TPSA) is 33.1 Å². The van der Waals surface area contributed by atoms with E-state index >= 15 is 0 Å². The minimum absolute atomic E-state index is 0.138. The van der Waals surface area contributed by atoms with Crippen molar-refractivity contribution >= 4 is 5.95 Å². The van der Waals surface area contributed by atoms with Gasteiger partial charge in [-0.15, -0.1) is 0 Å². The highest BCUT2D eigenvalue weighted by Gasteiger charge is 2.42. The molecule has 6 nitrogen and oxygen atoms in total. The highest BCUT2D eigenvalue weighted by Crippen LogP contribution is 2.38. The fourth-order valence-corrected chi connectivity index (χ4v) is 5.36. The van der Waals surface area contributed by atoms with E-state index in [-0.39, 0.29) is 11.7 Å². The van der Waals surface area contributed by atoms with Gasteiger partial charge in [-0.2, -0.15) is 0 Å². The van der Waals surface area contributed by atoms with E-state index in [1.54, 1.807) is 0 Å². The molecule has 0 N–H and O–H groups in total. The van der Waals surface area contributed by atoms with Crippen LogP contribution in [0.5, 0.6) is 0 Å². The minimum Gasteiger partial charge on any atom is -0.333 e. The molecule has 2 aromatic heterocycles. The molecule has 0 saturated carbocycles. The fraction of sp³-hybridized carbons (Fsp3) is 0.500. The van der Waals surface area contributed by atoms with Crippen molar-refractivity contribution in [2.45, 2.75) is 78.9 Å². The second kappa shape index (κ2) is 8.64. The number of hydrogen-bond donors (Lipinski definition) is 0. The molecule has 0 unspecified atom stereocenters. The smallest absolute Gasteiger partial charge is 0.333 e. The van der Waals surface area contributed by atoms with Crippen LogP contribution in [0, 0.1) is 6.92 Å². The van der Waals surface area contributed by atoms with Crippen LogP contribution < -0.4 is 9.47 Å². The summed E-state index contributed by atoms with van der Waals surface area (Å²) in [6.45, 7) is 18.0. The molecule has 0 fully saturated rings. The lowest BCUT2D eigenvalue weighted by atomic mass is 9.92. The first kappa shape index (κ1) is 24.1. The SMILES string of the molecule is Cc1ncc(C(C)(C)N2C=CN(c3n(-c4c(C(C)C)cccc4C(C)C)cc[n+]3C)[C@H]2C)n1C. The summed E-state index contributed by atoms with van der Waals surface area (Å²) in [5, 5.41) is 0. The summed E-state index contributed by atoms with van der Waals surface area (Å²) in [5.74, 6) is 3.05. The van der Waals surface area contributed by atoms with E-state index < -0.39 is 0 Å². The van der Waals surface area contributed by atoms with Gasteiger partial charge in [0.25, 0.3) is 0 Å². The molecule has 34 heavy (non-hydrogen) atoms. The van der Waals surface area contributed by atoms with E-state index in [4.69, 9.17) is 0 Å². The maximum absolute atomic E-state index is 4.56. The molecule has 0 radical (unpaired) electrons. The van der Waals surface area contributed by atoms with Gasteiger partial charge in [0.15, 0.2) is 6.17 Å². The van der Waals surface area contributed by atoms with Gasteiger partial charge in [0.1, 0.15) is 17.7 Å². The Kier molecular flexibility index (Phi) is 6.13. The van der Waals surface area contributed by atoms with E-state index in [9.17, 15) is 0 Å². The molecule has 3 aromatic rings. The molecule has 0 spiro atoms. The Bertz CT molecular complexity index is 1180. The maximum atomic E-state index is 4.56. The number of hydrogen-bond acceptors (Lipinski definition) is 3. The number of para-hydroxylation sites is 1. The fourth-order valence-electron chi connectivity index (χ4n) is 5.36. The van der Waals surface area contributed by atoms with Crippen LogP contribution in [0.2, 0.25) is 0 Å². The largest absolute Gasteiger partial charge is 0.370 e. The predicted octanol–water partition coefficient (Wildman–Crippen LogP) is 5.47. The van der Waals surface area contributed by atoms with Crippen molar-refractivity contribution < 1.29 is 4.57 Å². The summed E-state index contributed by atoms with van der Waals surface area (Å²) in [6.07, 6.45) is 11.0. The summed E-state index contributed by atoms with van der Waals surface area (Å²) >= 11 is 0. The van der Waals surface area contributed by atoms with Crippen LogP contribution in [0.15, 0.2) is 49.2 Å². The maximum Gasteiger partial charge on any atom is 0.370 e. The van der Waals surface area contributed by atoms with E-state index in [0.29, 0.717) is 11.8 Å². The monoisotopic (exact) mass is 461 g/mol. The number of benzene rings is 1.